The summed E-state index contributed by atoms with van der Waals surface area (Å²) in [5.41, 5.74) is 0. The van der Waals surface area contributed by atoms with E-state index in [2.05, 4.69) is 31.5 Å². The van der Waals surface area contributed by atoms with Crippen molar-refractivity contribution in [1.82, 2.24) is 10.3 Å². The van der Waals surface area contributed by atoms with E-state index in [0.29, 0.717) is 17.8 Å². The third kappa shape index (κ3) is 2.65. The fraction of sp³-hybridized carbons (Fsp3) is 0.455. The number of rotatable bonds is 2. The van der Waals surface area contributed by atoms with Gasteiger partial charge in [-0.3, -0.25) is 4.79 Å². The summed E-state index contributed by atoms with van der Waals surface area (Å²) in [5.74, 6) is 0.496. The van der Waals surface area contributed by atoms with Crippen molar-refractivity contribution in [3.05, 3.63) is 22.6 Å². The number of amides is 1. The van der Waals surface area contributed by atoms with E-state index in [0.717, 1.165) is 6.42 Å². The van der Waals surface area contributed by atoms with E-state index < -0.39 is 5.82 Å². The molecule has 0 radical (unpaired) electrons. The highest BCUT2D eigenvalue weighted by atomic mass is 79.9. The summed E-state index contributed by atoms with van der Waals surface area (Å²) in [7, 11) is 0. The van der Waals surface area contributed by atoms with Crippen LogP contribution in [0.4, 0.5) is 10.2 Å². The second-order valence-electron chi connectivity index (χ2n) is 4.52. The number of carbonyl (C=O) groups excluding carboxylic acids is 1. The minimum Gasteiger partial charge on any atom is -0.309 e. The molecule has 0 aromatic carbocycles. The largest absolute Gasteiger partial charge is 0.309 e. The Balaban J connectivity index is 0.00000120. The maximum Gasteiger partial charge on any atom is 0.242 e. The monoisotopic (exact) mass is 335 g/mol. The molecule has 3 unspecified atom stereocenters. The zero-order valence-electron chi connectivity index (χ0n) is 9.32. The summed E-state index contributed by atoms with van der Waals surface area (Å²) in [6.07, 6.45) is 2.07. The van der Waals surface area contributed by atoms with E-state index in [1.807, 2.05) is 0 Å². The number of hydrogen-bond donors (Lipinski definition) is 2. The highest BCUT2D eigenvalue weighted by molar-refractivity contribution is 9.10. The molecule has 98 valence electrons. The standard InChI is InChI=1S/C11H11BrFN3O.ClH/c12-10-6(13)1-2-9(15-10)16-11(17)8-4-5-3-7(5)14-8;/h1-2,5,7-8,14H,3-4H2,(H,15,16,17);1H. The van der Waals surface area contributed by atoms with E-state index in [1.165, 1.54) is 18.6 Å². The van der Waals surface area contributed by atoms with Gasteiger partial charge >= 0.3 is 0 Å². The van der Waals surface area contributed by atoms with Gasteiger partial charge in [0.15, 0.2) is 5.82 Å². The molecule has 2 heterocycles. The Morgan fingerprint density at radius 2 is 2.28 bits per heavy atom. The molecule has 1 aliphatic heterocycles. The van der Waals surface area contributed by atoms with Crippen molar-refractivity contribution >= 4 is 40.1 Å². The quantitative estimate of drug-likeness (QED) is 0.813. The average Bonchev–Trinajstić information content (AvgIpc) is 2.91. The summed E-state index contributed by atoms with van der Waals surface area (Å²) in [6, 6.07) is 3.11. The molecule has 1 amide bonds. The number of nitrogens with zero attached hydrogens (tertiary/aromatic N) is 1. The number of hydrogen-bond acceptors (Lipinski definition) is 3. The zero-order chi connectivity index (χ0) is 12.0. The van der Waals surface area contributed by atoms with Gasteiger partial charge in [0.2, 0.25) is 5.91 Å². The van der Waals surface area contributed by atoms with Crippen molar-refractivity contribution in [2.75, 3.05) is 5.32 Å². The molecule has 2 aliphatic rings. The molecular weight excluding hydrogens is 324 g/mol. The SMILES string of the molecule is Cl.O=C(Nc1ccc(F)c(Br)n1)C1CC2CC2N1. The highest BCUT2D eigenvalue weighted by Crippen LogP contribution is 2.40. The molecule has 1 saturated heterocycles. The molecule has 1 aliphatic carbocycles. The Labute approximate surface area is 118 Å². The molecule has 3 atom stereocenters. The Morgan fingerprint density at radius 3 is 2.89 bits per heavy atom. The van der Waals surface area contributed by atoms with Gasteiger partial charge in [-0.05, 0) is 46.8 Å². The van der Waals surface area contributed by atoms with Gasteiger partial charge in [0.05, 0.1) is 6.04 Å². The van der Waals surface area contributed by atoms with E-state index in [4.69, 9.17) is 0 Å². The number of anilines is 1. The number of nitrogens with one attached hydrogen (secondary N) is 2. The molecule has 1 aromatic heterocycles. The van der Waals surface area contributed by atoms with Gasteiger partial charge in [0.25, 0.3) is 0 Å². The maximum absolute atomic E-state index is 13.0. The van der Waals surface area contributed by atoms with Crippen molar-refractivity contribution < 1.29 is 9.18 Å². The van der Waals surface area contributed by atoms with Crippen LogP contribution in [0.1, 0.15) is 12.8 Å². The second-order valence-corrected chi connectivity index (χ2v) is 5.27. The average molecular weight is 337 g/mol. The van der Waals surface area contributed by atoms with E-state index >= 15 is 0 Å². The lowest BCUT2D eigenvalue weighted by Gasteiger charge is -2.12. The Morgan fingerprint density at radius 1 is 1.50 bits per heavy atom. The first-order chi connectivity index (χ1) is 8.13. The first-order valence-corrected chi connectivity index (χ1v) is 6.32. The van der Waals surface area contributed by atoms with Crippen molar-refractivity contribution in [2.45, 2.75) is 24.9 Å². The molecule has 1 aromatic rings. The normalized spacial score (nSPS) is 28.2. The van der Waals surface area contributed by atoms with Gasteiger partial charge in [-0.1, -0.05) is 0 Å². The summed E-state index contributed by atoms with van der Waals surface area (Å²) in [5, 5.41) is 5.93. The van der Waals surface area contributed by atoms with Crippen LogP contribution in [0, 0.1) is 11.7 Å². The van der Waals surface area contributed by atoms with Crippen LogP contribution in [0.25, 0.3) is 0 Å². The van der Waals surface area contributed by atoms with Crippen LogP contribution in [-0.4, -0.2) is 23.0 Å². The third-order valence-electron chi connectivity index (χ3n) is 3.25. The summed E-state index contributed by atoms with van der Waals surface area (Å²) < 4.78 is 13.1. The highest BCUT2D eigenvalue weighted by Gasteiger charge is 2.47. The van der Waals surface area contributed by atoms with Crippen LogP contribution >= 0.6 is 28.3 Å². The molecule has 7 heteroatoms. The lowest BCUT2D eigenvalue weighted by molar-refractivity contribution is -0.118. The predicted molar refractivity (Wildman–Crippen MR) is 71.2 cm³/mol. The lowest BCUT2D eigenvalue weighted by atomic mass is 10.2. The molecule has 1 saturated carbocycles. The Kier molecular flexibility index (Phi) is 3.89. The van der Waals surface area contributed by atoms with Crippen LogP contribution in [-0.2, 0) is 4.79 Å². The molecule has 18 heavy (non-hydrogen) atoms. The fourth-order valence-electron chi connectivity index (χ4n) is 2.22. The van der Waals surface area contributed by atoms with Gasteiger partial charge < -0.3 is 10.6 Å². The molecule has 0 spiro atoms. The Bertz CT molecular complexity index is 477. The van der Waals surface area contributed by atoms with Crippen molar-refractivity contribution in [3.8, 4) is 0 Å². The summed E-state index contributed by atoms with van der Waals surface area (Å²) >= 11 is 2.98. The topological polar surface area (TPSA) is 54.0 Å². The number of piperidine rings is 1. The van der Waals surface area contributed by atoms with Gasteiger partial charge in [-0.25, -0.2) is 9.37 Å². The van der Waals surface area contributed by atoms with Crippen LogP contribution < -0.4 is 10.6 Å². The molecular formula is C11H12BrClFN3O. The molecule has 2 fully saturated rings. The predicted octanol–water partition coefficient (Wildman–Crippen LogP) is 2.09. The van der Waals surface area contributed by atoms with Crippen molar-refractivity contribution in [1.29, 1.82) is 0 Å². The van der Waals surface area contributed by atoms with Crippen molar-refractivity contribution in [2.24, 2.45) is 5.92 Å². The first kappa shape index (κ1) is 13.7. The maximum atomic E-state index is 13.0. The smallest absolute Gasteiger partial charge is 0.242 e. The zero-order valence-corrected chi connectivity index (χ0v) is 11.7. The number of halogens is 3. The molecule has 2 N–H and O–H groups in total. The third-order valence-corrected chi connectivity index (χ3v) is 3.80. The lowest BCUT2D eigenvalue weighted by Crippen LogP contribution is -2.38. The van der Waals surface area contributed by atoms with Crippen LogP contribution in [0.3, 0.4) is 0 Å². The van der Waals surface area contributed by atoms with Gasteiger partial charge in [-0.15, -0.1) is 12.4 Å². The number of carbonyl (C=O) groups is 1. The van der Waals surface area contributed by atoms with E-state index in [1.54, 1.807) is 0 Å². The second kappa shape index (κ2) is 5.11. The van der Waals surface area contributed by atoms with Crippen molar-refractivity contribution in [3.63, 3.8) is 0 Å². The number of fused-ring (bicyclic) bond motifs is 1. The number of pyridine rings is 1. The minimum absolute atomic E-state index is 0. The van der Waals surface area contributed by atoms with Crippen LogP contribution in [0.5, 0.6) is 0 Å². The van der Waals surface area contributed by atoms with E-state index in [-0.39, 0.29) is 29.0 Å². The van der Waals surface area contributed by atoms with Gasteiger partial charge in [-0.2, -0.15) is 0 Å². The van der Waals surface area contributed by atoms with E-state index in [9.17, 15) is 9.18 Å². The summed E-state index contributed by atoms with van der Waals surface area (Å²) in [6.45, 7) is 0. The minimum atomic E-state index is -0.441. The van der Waals surface area contributed by atoms with Crippen LogP contribution in [0.15, 0.2) is 16.7 Å². The molecule has 3 rings (SSSR count). The fourth-order valence-corrected chi connectivity index (χ4v) is 2.55. The molecule has 0 bridgehead atoms. The summed E-state index contributed by atoms with van der Waals surface area (Å²) in [4.78, 5) is 15.8. The van der Waals surface area contributed by atoms with Gasteiger partial charge in [0, 0.05) is 6.04 Å². The first-order valence-electron chi connectivity index (χ1n) is 5.52. The van der Waals surface area contributed by atoms with Gasteiger partial charge in [0.1, 0.15) is 10.4 Å². The Hall–Kier alpha value is -0.720. The van der Waals surface area contributed by atoms with Crippen LogP contribution in [0.2, 0.25) is 0 Å². The number of aromatic nitrogens is 1. The molecule has 4 nitrogen and oxygen atoms in total.